The molecule has 9 heteroatoms. The number of carbonyl (C=O) groups excluding carboxylic acids is 2. The molecule has 0 aliphatic carbocycles. The predicted molar refractivity (Wildman–Crippen MR) is 112 cm³/mol. The van der Waals surface area contributed by atoms with Gasteiger partial charge in [-0.3, -0.25) is 4.79 Å². The van der Waals surface area contributed by atoms with Crippen molar-refractivity contribution < 1.29 is 23.8 Å². The van der Waals surface area contributed by atoms with Crippen LogP contribution in [0.25, 0.3) is 0 Å². The van der Waals surface area contributed by atoms with Crippen LogP contribution >= 0.6 is 0 Å². The summed E-state index contributed by atoms with van der Waals surface area (Å²) in [4.78, 5) is 24.1. The van der Waals surface area contributed by atoms with Gasteiger partial charge in [-0.2, -0.15) is 5.10 Å². The summed E-state index contributed by atoms with van der Waals surface area (Å²) in [7, 11) is 0. The van der Waals surface area contributed by atoms with Crippen molar-refractivity contribution in [1.29, 1.82) is 0 Å². The van der Waals surface area contributed by atoms with E-state index in [-0.39, 0.29) is 25.8 Å². The van der Waals surface area contributed by atoms with E-state index in [0.717, 1.165) is 0 Å². The van der Waals surface area contributed by atoms with Crippen molar-refractivity contribution in [3.8, 4) is 11.5 Å². The first-order valence-electron chi connectivity index (χ1n) is 9.57. The van der Waals surface area contributed by atoms with E-state index >= 15 is 0 Å². The maximum Gasteiger partial charge on any atom is 0.335 e. The third kappa shape index (κ3) is 4.99. The fourth-order valence-corrected chi connectivity index (χ4v) is 2.95. The Morgan fingerprint density at radius 3 is 2.50 bits per heavy atom. The summed E-state index contributed by atoms with van der Waals surface area (Å²) in [6.07, 6.45) is 0.00889. The standard InChI is InChI=1S/C21H24N4O5/c1-3-23-21(27)25-24-20(13-5-7-15(22)8-6-13)16-11-18-17(29-12-30-18)9-14(16)10-19(26)28-4-2/h5-9,11H,3-4,10,12,22H2,1-2H3,(H2,23,25,27)/b24-20-. The third-order valence-corrected chi connectivity index (χ3v) is 4.28. The predicted octanol–water partition coefficient (Wildman–Crippen LogP) is 2.17. The largest absolute Gasteiger partial charge is 0.466 e. The van der Waals surface area contributed by atoms with Crippen LogP contribution in [0, 0.1) is 0 Å². The summed E-state index contributed by atoms with van der Waals surface area (Å²) in [5.74, 6) is 0.677. The molecule has 0 radical (unpaired) electrons. The van der Waals surface area contributed by atoms with Gasteiger partial charge in [-0.15, -0.1) is 0 Å². The van der Waals surface area contributed by atoms with Crippen LogP contribution in [0.5, 0.6) is 11.5 Å². The second-order valence-corrected chi connectivity index (χ2v) is 6.40. The fourth-order valence-electron chi connectivity index (χ4n) is 2.95. The molecule has 0 fully saturated rings. The highest BCUT2D eigenvalue weighted by molar-refractivity contribution is 6.14. The number of hydrogen-bond donors (Lipinski definition) is 3. The van der Waals surface area contributed by atoms with E-state index in [9.17, 15) is 9.59 Å². The minimum absolute atomic E-state index is 0.00889. The summed E-state index contributed by atoms with van der Waals surface area (Å²) >= 11 is 0. The van der Waals surface area contributed by atoms with E-state index < -0.39 is 6.03 Å². The Morgan fingerprint density at radius 2 is 1.83 bits per heavy atom. The molecule has 0 spiro atoms. The van der Waals surface area contributed by atoms with Gasteiger partial charge in [0.1, 0.15) is 0 Å². The average Bonchev–Trinajstić information content (AvgIpc) is 3.17. The zero-order valence-electron chi connectivity index (χ0n) is 16.9. The molecule has 2 amide bonds. The number of nitrogens with one attached hydrogen (secondary N) is 2. The van der Waals surface area contributed by atoms with Crippen LogP contribution in [0.1, 0.15) is 30.5 Å². The van der Waals surface area contributed by atoms with Crippen LogP contribution in [-0.2, 0) is 16.0 Å². The number of urea groups is 1. The number of hydrazone groups is 1. The van der Waals surface area contributed by atoms with Crippen molar-refractivity contribution in [1.82, 2.24) is 10.7 Å². The normalized spacial score (nSPS) is 12.4. The molecule has 0 bridgehead atoms. The summed E-state index contributed by atoms with van der Waals surface area (Å²) in [6, 6.07) is 10.1. The number of hydrogen-bond acceptors (Lipinski definition) is 7. The van der Waals surface area contributed by atoms with Gasteiger partial charge >= 0.3 is 12.0 Å². The Morgan fingerprint density at radius 1 is 1.13 bits per heavy atom. The lowest BCUT2D eigenvalue weighted by Gasteiger charge is -2.14. The molecule has 4 N–H and O–H groups in total. The molecule has 1 aliphatic heterocycles. The summed E-state index contributed by atoms with van der Waals surface area (Å²) in [6.45, 7) is 4.37. The Balaban J connectivity index is 2.08. The maximum absolute atomic E-state index is 12.2. The number of nitrogens with zero attached hydrogens (tertiary/aromatic N) is 1. The van der Waals surface area contributed by atoms with E-state index in [1.807, 2.05) is 0 Å². The van der Waals surface area contributed by atoms with E-state index in [2.05, 4.69) is 15.8 Å². The Hall–Kier alpha value is -3.75. The number of esters is 1. The smallest absolute Gasteiger partial charge is 0.335 e. The average molecular weight is 412 g/mol. The van der Waals surface area contributed by atoms with E-state index in [4.69, 9.17) is 19.9 Å². The highest BCUT2D eigenvalue weighted by Gasteiger charge is 2.23. The minimum atomic E-state index is -0.446. The van der Waals surface area contributed by atoms with Gasteiger partial charge in [-0.25, -0.2) is 10.2 Å². The first-order chi connectivity index (χ1) is 14.5. The molecule has 0 aromatic heterocycles. The van der Waals surface area contributed by atoms with Crippen LogP contribution in [-0.4, -0.2) is 37.7 Å². The van der Waals surface area contributed by atoms with E-state index in [1.165, 1.54) is 0 Å². The number of nitrogens with two attached hydrogens (primary N) is 1. The van der Waals surface area contributed by atoms with Crippen molar-refractivity contribution in [3.63, 3.8) is 0 Å². The van der Waals surface area contributed by atoms with Crippen molar-refractivity contribution in [2.45, 2.75) is 20.3 Å². The van der Waals surface area contributed by atoms with Gasteiger partial charge in [-0.05, 0) is 43.7 Å². The molecular weight excluding hydrogens is 388 g/mol. The lowest BCUT2D eigenvalue weighted by atomic mass is 9.95. The zero-order chi connectivity index (χ0) is 21.5. The molecule has 9 nitrogen and oxygen atoms in total. The second-order valence-electron chi connectivity index (χ2n) is 6.40. The molecule has 0 saturated carbocycles. The molecule has 0 unspecified atom stereocenters. The Bertz CT molecular complexity index is 957. The van der Waals surface area contributed by atoms with Crippen molar-refractivity contribution >= 4 is 23.4 Å². The molecule has 3 rings (SSSR count). The van der Waals surface area contributed by atoms with Gasteiger partial charge in [-0.1, -0.05) is 12.1 Å². The minimum Gasteiger partial charge on any atom is -0.466 e. The van der Waals surface area contributed by atoms with Gasteiger partial charge in [0.2, 0.25) is 6.79 Å². The molecule has 1 heterocycles. The number of carbonyl (C=O) groups is 2. The van der Waals surface area contributed by atoms with Gasteiger partial charge < -0.3 is 25.3 Å². The quantitative estimate of drug-likeness (QED) is 0.277. The highest BCUT2D eigenvalue weighted by Crippen LogP contribution is 2.36. The summed E-state index contributed by atoms with van der Waals surface area (Å²) in [5.41, 5.74) is 11.3. The fraction of sp³-hybridized carbons (Fsp3) is 0.286. The topological polar surface area (TPSA) is 124 Å². The van der Waals surface area contributed by atoms with Crippen LogP contribution in [0.3, 0.4) is 0 Å². The Kier molecular flexibility index (Phi) is 6.74. The van der Waals surface area contributed by atoms with Gasteiger partial charge in [0.25, 0.3) is 0 Å². The highest BCUT2D eigenvalue weighted by atomic mass is 16.7. The zero-order valence-corrected chi connectivity index (χ0v) is 16.9. The molecule has 30 heavy (non-hydrogen) atoms. The maximum atomic E-state index is 12.2. The number of fused-ring (bicyclic) bond motifs is 1. The monoisotopic (exact) mass is 412 g/mol. The van der Waals surface area contributed by atoms with Crippen LogP contribution in [0.4, 0.5) is 10.5 Å². The number of ether oxygens (including phenoxy) is 3. The van der Waals surface area contributed by atoms with E-state index in [0.29, 0.717) is 46.1 Å². The molecule has 0 saturated heterocycles. The van der Waals surface area contributed by atoms with Crippen molar-refractivity contribution in [3.05, 3.63) is 53.1 Å². The van der Waals surface area contributed by atoms with Gasteiger partial charge in [0.15, 0.2) is 11.5 Å². The number of rotatable bonds is 7. The lowest BCUT2D eigenvalue weighted by Crippen LogP contribution is -2.33. The number of amides is 2. The number of nitrogen functional groups attached to an aromatic ring is 1. The molecule has 0 atom stereocenters. The second kappa shape index (κ2) is 9.64. The summed E-state index contributed by atoms with van der Waals surface area (Å²) in [5, 5.41) is 6.94. The first kappa shape index (κ1) is 21.0. The SMILES string of the molecule is CCNC(=O)N/N=C(/c1ccc(N)cc1)c1cc2c(cc1CC(=O)OCC)OCO2. The first-order valence-corrected chi connectivity index (χ1v) is 9.57. The van der Waals surface area contributed by atoms with Crippen LogP contribution in [0.15, 0.2) is 41.5 Å². The van der Waals surface area contributed by atoms with E-state index in [1.54, 1.807) is 50.2 Å². The molecule has 2 aromatic rings. The van der Waals surface area contributed by atoms with Crippen molar-refractivity contribution in [2.75, 3.05) is 25.7 Å². The summed E-state index contributed by atoms with van der Waals surface area (Å²) < 4.78 is 16.1. The lowest BCUT2D eigenvalue weighted by molar-refractivity contribution is -0.142. The molecule has 1 aliphatic rings. The molecule has 2 aromatic carbocycles. The third-order valence-electron chi connectivity index (χ3n) is 4.28. The molecular formula is C21H24N4O5. The number of benzene rings is 2. The van der Waals surface area contributed by atoms with Crippen LogP contribution < -0.4 is 25.9 Å². The van der Waals surface area contributed by atoms with Gasteiger partial charge in [0.05, 0.1) is 18.7 Å². The van der Waals surface area contributed by atoms with Crippen LogP contribution in [0.2, 0.25) is 0 Å². The molecule has 158 valence electrons. The van der Waals surface area contributed by atoms with Gasteiger partial charge in [0, 0.05) is 23.4 Å². The van der Waals surface area contributed by atoms with Crippen molar-refractivity contribution in [2.24, 2.45) is 5.10 Å². The Labute approximate surface area is 174 Å². The number of anilines is 1.